The molecule has 1 heteroatoms. The monoisotopic (exact) mass is 239 g/mol. The number of hydrogen-bond acceptors (Lipinski definition) is 1. The molecule has 1 heterocycles. The van der Waals surface area contributed by atoms with Crippen LogP contribution in [0.1, 0.15) is 26.3 Å². The fourth-order valence-electron chi connectivity index (χ4n) is 2.56. The molecule has 1 aliphatic rings. The van der Waals surface area contributed by atoms with E-state index in [1.807, 2.05) is 0 Å². The van der Waals surface area contributed by atoms with Crippen LogP contribution in [0.2, 0.25) is 0 Å². The van der Waals surface area contributed by atoms with Gasteiger partial charge in [-0.05, 0) is 44.1 Å². The Morgan fingerprint density at radius 1 is 1.11 bits per heavy atom. The van der Waals surface area contributed by atoms with Crippen LogP contribution in [-0.4, -0.2) is 6.54 Å². The Hall–Kier alpha value is -1.76. The minimum Gasteiger partial charge on any atom is -0.341 e. The van der Waals surface area contributed by atoms with Gasteiger partial charge in [-0.2, -0.15) is 0 Å². The first-order valence-electron chi connectivity index (χ1n) is 6.65. The molecule has 0 N–H and O–H groups in total. The molecule has 1 nitrogen and oxygen atoms in total. The highest BCUT2D eigenvalue weighted by molar-refractivity contribution is 5.66. The average molecular weight is 239 g/mol. The second-order valence-electron chi connectivity index (χ2n) is 4.46. The Morgan fingerprint density at radius 2 is 1.83 bits per heavy atom. The van der Waals surface area contributed by atoms with Crippen LogP contribution in [0.25, 0.3) is 0 Å². The number of nitrogens with zero attached hydrogens (tertiary/aromatic N) is 1. The van der Waals surface area contributed by atoms with Crippen molar-refractivity contribution >= 4 is 5.69 Å². The van der Waals surface area contributed by atoms with Crippen LogP contribution >= 0.6 is 0 Å². The third kappa shape index (κ3) is 2.26. The van der Waals surface area contributed by atoms with Crippen molar-refractivity contribution in [3.8, 4) is 0 Å². The first-order chi connectivity index (χ1) is 8.81. The van der Waals surface area contributed by atoms with Crippen LogP contribution in [0.15, 0.2) is 59.8 Å². The largest absolute Gasteiger partial charge is 0.341 e. The van der Waals surface area contributed by atoms with Crippen LogP contribution in [-0.2, 0) is 6.42 Å². The van der Waals surface area contributed by atoms with Gasteiger partial charge in [-0.1, -0.05) is 36.4 Å². The number of allylic oxidation sites excluding steroid dienone is 5. The molecular formula is C17H21N. The lowest BCUT2D eigenvalue weighted by Crippen LogP contribution is -2.27. The van der Waals surface area contributed by atoms with Gasteiger partial charge in [0.25, 0.3) is 0 Å². The lowest BCUT2D eigenvalue weighted by atomic mass is 9.95. The number of benzene rings is 1. The quantitative estimate of drug-likeness (QED) is 0.752. The first kappa shape index (κ1) is 12.7. The smallest absolute Gasteiger partial charge is 0.0446 e. The van der Waals surface area contributed by atoms with Gasteiger partial charge in [-0.3, -0.25) is 0 Å². The summed E-state index contributed by atoms with van der Waals surface area (Å²) in [6.45, 7) is 7.36. The van der Waals surface area contributed by atoms with Crippen molar-refractivity contribution < 1.29 is 0 Å². The van der Waals surface area contributed by atoms with Gasteiger partial charge >= 0.3 is 0 Å². The number of para-hydroxylation sites is 1. The molecule has 0 bridgehead atoms. The van der Waals surface area contributed by atoms with E-state index in [0.717, 1.165) is 13.0 Å². The molecule has 0 fully saturated rings. The van der Waals surface area contributed by atoms with Crippen LogP contribution in [0.3, 0.4) is 0 Å². The van der Waals surface area contributed by atoms with Gasteiger partial charge in [0.2, 0.25) is 0 Å². The van der Waals surface area contributed by atoms with Gasteiger partial charge in [-0.15, -0.1) is 0 Å². The van der Waals surface area contributed by atoms with Crippen molar-refractivity contribution in [3.63, 3.8) is 0 Å². The molecule has 94 valence electrons. The van der Waals surface area contributed by atoms with Gasteiger partial charge in [0.1, 0.15) is 0 Å². The minimum atomic E-state index is 0.998. The van der Waals surface area contributed by atoms with Gasteiger partial charge in [0.05, 0.1) is 0 Å². The van der Waals surface area contributed by atoms with E-state index in [4.69, 9.17) is 0 Å². The Kier molecular flexibility index (Phi) is 4.03. The normalized spacial score (nSPS) is 15.8. The summed E-state index contributed by atoms with van der Waals surface area (Å²) in [6, 6.07) is 8.69. The molecule has 0 unspecified atom stereocenters. The maximum Gasteiger partial charge on any atom is 0.0446 e. The average Bonchev–Trinajstić information content (AvgIpc) is 2.40. The van der Waals surface area contributed by atoms with E-state index in [0.29, 0.717) is 0 Å². The highest BCUT2D eigenvalue weighted by atomic mass is 15.1. The third-order valence-electron chi connectivity index (χ3n) is 3.29. The lowest BCUT2D eigenvalue weighted by molar-refractivity contribution is 0.915. The Labute approximate surface area is 110 Å². The van der Waals surface area contributed by atoms with Gasteiger partial charge in [0, 0.05) is 24.4 Å². The van der Waals surface area contributed by atoms with Crippen LogP contribution in [0.5, 0.6) is 0 Å². The summed E-state index contributed by atoms with van der Waals surface area (Å²) in [6.07, 6.45) is 9.72. The summed E-state index contributed by atoms with van der Waals surface area (Å²) >= 11 is 0. The van der Waals surface area contributed by atoms with Crippen molar-refractivity contribution in [2.45, 2.75) is 27.2 Å². The molecule has 0 aliphatic carbocycles. The molecule has 2 rings (SSSR count). The zero-order chi connectivity index (χ0) is 13.0. The predicted molar refractivity (Wildman–Crippen MR) is 79.8 cm³/mol. The summed E-state index contributed by atoms with van der Waals surface area (Å²) in [5, 5.41) is 0. The summed E-state index contributed by atoms with van der Waals surface area (Å²) in [5.74, 6) is 0. The summed E-state index contributed by atoms with van der Waals surface area (Å²) in [5.41, 5.74) is 5.50. The van der Waals surface area contributed by atoms with E-state index in [9.17, 15) is 0 Å². The zero-order valence-electron chi connectivity index (χ0n) is 11.5. The second kappa shape index (κ2) is 5.72. The molecular weight excluding hydrogens is 218 g/mol. The van der Waals surface area contributed by atoms with Crippen molar-refractivity contribution in [1.82, 2.24) is 0 Å². The molecule has 0 saturated carbocycles. The van der Waals surface area contributed by atoms with Crippen molar-refractivity contribution in [3.05, 3.63) is 65.4 Å². The fourth-order valence-corrected chi connectivity index (χ4v) is 2.56. The third-order valence-corrected chi connectivity index (χ3v) is 3.29. The maximum atomic E-state index is 2.40. The lowest BCUT2D eigenvalue weighted by Gasteiger charge is -2.33. The van der Waals surface area contributed by atoms with E-state index in [2.05, 4.69) is 74.2 Å². The molecule has 0 amide bonds. The number of fused-ring (bicyclic) bond motifs is 1. The van der Waals surface area contributed by atoms with E-state index in [1.165, 1.54) is 22.5 Å². The van der Waals surface area contributed by atoms with E-state index in [-0.39, 0.29) is 0 Å². The topological polar surface area (TPSA) is 3.24 Å². The highest BCUT2D eigenvalue weighted by Crippen LogP contribution is 2.34. The Bertz CT molecular complexity index is 506. The van der Waals surface area contributed by atoms with E-state index in [1.54, 1.807) is 0 Å². The minimum absolute atomic E-state index is 0.998. The number of hydrogen-bond donors (Lipinski definition) is 0. The summed E-state index contributed by atoms with van der Waals surface area (Å²) in [4.78, 5) is 2.40. The fraction of sp³-hybridized carbons (Fsp3) is 0.294. The molecule has 18 heavy (non-hydrogen) atoms. The van der Waals surface area contributed by atoms with Crippen molar-refractivity contribution in [1.29, 1.82) is 0 Å². The second-order valence-corrected chi connectivity index (χ2v) is 4.46. The molecule has 1 aromatic carbocycles. The van der Waals surface area contributed by atoms with Gasteiger partial charge < -0.3 is 4.90 Å². The standard InChI is InChI=1S/C17H21N/c1-4-9-14-13-15-11-7-8-12-17(15)18(6-3)16(14)10-5-2/h4-5,7-12H,6,13H2,1-3H3/b9-4-,10-5-. The van der Waals surface area contributed by atoms with Gasteiger partial charge in [0.15, 0.2) is 0 Å². The number of rotatable bonds is 3. The first-order valence-corrected chi connectivity index (χ1v) is 6.65. The highest BCUT2D eigenvalue weighted by Gasteiger charge is 2.20. The van der Waals surface area contributed by atoms with Gasteiger partial charge in [-0.25, -0.2) is 0 Å². The number of anilines is 1. The van der Waals surface area contributed by atoms with Crippen molar-refractivity contribution in [2.75, 3.05) is 11.4 Å². The van der Waals surface area contributed by atoms with Crippen LogP contribution < -0.4 is 4.90 Å². The summed E-state index contributed by atoms with van der Waals surface area (Å²) < 4.78 is 0. The molecule has 0 radical (unpaired) electrons. The van der Waals surface area contributed by atoms with Crippen LogP contribution in [0.4, 0.5) is 5.69 Å². The van der Waals surface area contributed by atoms with Crippen LogP contribution in [0, 0.1) is 0 Å². The maximum absolute atomic E-state index is 2.40. The molecule has 1 aromatic rings. The SMILES string of the molecule is C/C=C\C1=C(/C=C\C)N(CC)c2ccccc2C1. The Morgan fingerprint density at radius 3 is 2.50 bits per heavy atom. The molecule has 1 aliphatic heterocycles. The Balaban J connectivity index is 2.55. The van der Waals surface area contributed by atoms with E-state index >= 15 is 0 Å². The molecule has 0 spiro atoms. The molecule has 0 atom stereocenters. The zero-order valence-corrected chi connectivity index (χ0v) is 11.5. The van der Waals surface area contributed by atoms with Crippen molar-refractivity contribution in [2.24, 2.45) is 0 Å². The molecule has 0 saturated heterocycles. The number of likely N-dealkylation sites (N-methyl/N-ethyl adjacent to an activating group) is 1. The summed E-state index contributed by atoms with van der Waals surface area (Å²) in [7, 11) is 0. The predicted octanol–water partition coefficient (Wildman–Crippen LogP) is 4.48. The van der Waals surface area contributed by atoms with E-state index < -0.39 is 0 Å². The molecule has 0 aromatic heterocycles.